The lowest BCUT2D eigenvalue weighted by Gasteiger charge is -2.03. The highest BCUT2D eigenvalue weighted by Crippen LogP contribution is 2.27. The minimum absolute atomic E-state index is 0.750. The Balaban J connectivity index is 2.61. The Labute approximate surface area is 49.3 Å². The van der Waals surface area contributed by atoms with Crippen molar-refractivity contribution in [2.45, 2.75) is 6.18 Å². The fourth-order valence-electron chi connectivity index (χ4n) is 0.390. The summed E-state index contributed by atoms with van der Waals surface area (Å²) >= 11 is 0. The third-order valence-electron chi connectivity index (χ3n) is 0.748. The van der Waals surface area contributed by atoms with Gasteiger partial charge in [0, 0.05) is 6.20 Å². The number of allylic oxidation sites excluding steroid dienone is 1. The van der Waals surface area contributed by atoms with E-state index in [9.17, 15) is 13.2 Å². The number of halogens is 3. The van der Waals surface area contributed by atoms with Crippen LogP contribution in [0.15, 0.2) is 12.0 Å². The summed E-state index contributed by atoms with van der Waals surface area (Å²) in [6.45, 7) is 0.864. The highest BCUT2D eigenvalue weighted by Gasteiger charge is 2.37. The Morgan fingerprint density at radius 3 is 2.33 bits per heavy atom. The molecule has 0 atom stereocenters. The van der Waals surface area contributed by atoms with Gasteiger partial charge in [-0.25, -0.2) is 0 Å². The van der Waals surface area contributed by atoms with Gasteiger partial charge in [0.25, 0.3) is 0 Å². The van der Waals surface area contributed by atoms with Crippen molar-refractivity contribution in [3.63, 3.8) is 0 Å². The fraction of sp³-hybridized carbons (Fsp3) is 0.250. The van der Waals surface area contributed by atoms with Gasteiger partial charge in [0.1, 0.15) is 0 Å². The minimum atomic E-state index is -4.38. The summed E-state index contributed by atoms with van der Waals surface area (Å²) in [4.78, 5) is 0. The van der Waals surface area contributed by atoms with Crippen LogP contribution in [0, 0.1) is 6.73 Å². The molecule has 1 aliphatic rings. The van der Waals surface area contributed by atoms with Crippen LogP contribution in [-0.2, 0) is 4.74 Å². The molecule has 0 saturated carbocycles. The van der Waals surface area contributed by atoms with Crippen LogP contribution in [0.1, 0.15) is 0 Å². The van der Waals surface area contributed by atoms with E-state index in [4.69, 9.17) is 0 Å². The first-order valence-electron chi connectivity index (χ1n) is 2.12. The van der Waals surface area contributed by atoms with E-state index in [2.05, 4.69) is 10.1 Å². The van der Waals surface area contributed by atoms with Crippen LogP contribution in [0.2, 0.25) is 0 Å². The van der Waals surface area contributed by atoms with E-state index in [-0.39, 0.29) is 0 Å². The molecule has 0 aromatic heterocycles. The summed E-state index contributed by atoms with van der Waals surface area (Å²) in [5.74, 6) is -1.01. The van der Waals surface area contributed by atoms with E-state index in [0.29, 0.717) is 0 Å². The van der Waals surface area contributed by atoms with E-state index < -0.39 is 11.9 Å². The first-order valence-corrected chi connectivity index (χ1v) is 2.12. The maximum atomic E-state index is 11.5. The van der Waals surface area contributed by atoms with E-state index in [1.165, 1.54) is 0 Å². The molecule has 1 rings (SSSR count). The monoisotopic (exact) mass is 138 g/mol. The maximum Gasteiger partial charge on any atom is 0.450 e. The summed E-state index contributed by atoms with van der Waals surface area (Å²) in [7, 11) is 0. The zero-order valence-electron chi connectivity index (χ0n) is 4.20. The average molecular weight is 138 g/mol. The Hall–Kier alpha value is -0.870. The molecule has 9 heavy (non-hydrogen) atoms. The van der Waals surface area contributed by atoms with Crippen LogP contribution in [0.4, 0.5) is 13.2 Å². The Morgan fingerprint density at radius 1 is 1.44 bits per heavy atom. The third kappa shape index (κ3) is 1.28. The van der Waals surface area contributed by atoms with Gasteiger partial charge >= 0.3 is 6.18 Å². The second-order valence-electron chi connectivity index (χ2n) is 1.41. The molecule has 51 valence electrons. The summed E-state index contributed by atoms with van der Waals surface area (Å²) in [6, 6.07) is 0. The van der Waals surface area contributed by atoms with Gasteiger partial charge < -0.3 is 10.1 Å². The van der Waals surface area contributed by atoms with Crippen LogP contribution >= 0.6 is 0 Å². The number of hydrogen-bond donors (Lipinski definition) is 1. The quantitative estimate of drug-likeness (QED) is 0.541. The molecule has 0 spiro atoms. The minimum Gasteiger partial charge on any atom is -0.458 e. The largest absolute Gasteiger partial charge is 0.458 e. The lowest BCUT2D eigenvalue weighted by atomic mass is 10.5. The van der Waals surface area contributed by atoms with Crippen molar-refractivity contribution in [2.24, 2.45) is 0 Å². The maximum absolute atomic E-state index is 11.5. The van der Waals surface area contributed by atoms with Gasteiger partial charge in [-0.15, -0.1) is 0 Å². The molecule has 0 fully saturated rings. The van der Waals surface area contributed by atoms with Crippen molar-refractivity contribution in [2.75, 3.05) is 0 Å². The predicted octanol–water partition coefficient (Wildman–Crippen LogP) is 1.13. The summed E-state index contributed by atoms with van der Waals surface area (Å²) < 4.78 is 38.5. The molecule has 1 N–H and O–H groups in total. The lowest BCUT2D eigenvalue weighted by Crippen LogP contribution is -2.10. The molecule has 1 heterocycles. The van der Waals surface area contributed by atoms with Gasteiger partial charge in [0.05, 0.1) is 0 Å². The third-order valence-corrected chi connectivity index (χ3v) is 0.748. The van der Waals surface area contributed by atoms with E-state index in [1.54, 1.807) is 0 Å². The molecule has 5 heteroatoms. The second-order valence-corrected chi connectivity index (χ2v) is 1.41. The Bertz CT molecular complexity index is 139. The first-order chi connectivity index (χ1) is 4.11. The predicted molar refractivity (Wildman–Crippen MR) is 22.7 cm³/mol. The van der Waals surface area contributed by atoms with Crippen LogP contribution in [0.25, 0.3) is 0 Å². The molecule has 0 aliphatic carbocycles. The molecule has 1 aliphatic heterocycles. The number of nitrogens with one attached hydrogen (secondary N) is 1. The molecule has 0 bridgehead atoms. The van der Waals surface area contributed by atoms with Crippen LogP contribution in [-0.4, -0.2) is 6.18 Å². The van der Waals surface area contributed by atoms with Crippen molar-refractivity contribution >= 4 is 0 Å². The zero-order valence-corrected chi connectivity index (χ0v) is 4.20. The Kier molecular flexibility index (Phi) is 1.27. The van der Waals surface area contributed by atoms with E-state index in [0.717, 1.165) is 12.9 Å². The van der Waals surface area contributed by atoms with E-state index >= 15 is 0 Å². The van der Waals surface area contributed by atoms with Gasteiger partial charge in [-0.3, -0.25) is 0 Å². The van der Waals surface area contributed by atoms with Crippen molar-refractivity contribution in [1.82, 2.24) is 5.32 Å². The molecule has 0 aromatic carbocycles. The van der Waals surface area contributed by atoms with Crippen molar-refractivity contribution in [1.29, 1.82) is 0 Å². The SMILES string of the molecule is FC(F)(F)C1=CN[CH]O1. The molecule has 0 amide bonds. The zero-order chi connectivity index (χ0) is 6.91. The number of ether oxygens (including phenoxy) is 1. The van der Waals surface area contributed by atoms with Crippen molar-refractivity contribution in [3.05, 3.63) is 18.7 Å². The molecular weight excluding hydrogens is 135 g/mol. The standard InChI is InChI=1S/C4H3F3NO/c5-4(6,7)3-1-8-2-9-3/h1-2,8H. The highest BCUT2D eigenvalue weighted by molar-refractivity contribution is 5.04. The summed E-state index contributed by atoms with van der Waals surface area (Å²) in [5.41, 5.74) is 0. The van der Waals surface area contributed by atoms with Crippen LogP contribution in [0.3, 0.4) is 0 Å². The first kappa shape index (κ1) is 6.25. The van der Waals surface area contributed by atoms with E-state index in [1.807, 2.05) is 0 Å². The van der Waals surface area contributed by atoms with Gasteiger partial charge in [0.15, 0.2) is 0 Å². The van der Waals surface area contributed by atoms with Crippen LogP contribution < -0.4 is 5.32 Å². The number of rotatable bonds is 0. The van der Waals surface area contributed by atoms with Gasteiger partial charge in [0.2, 0.25) is 12.5 Å². The summed E-state index contributed by atoms with van der Waals surface area (Å²) in [5, 5.41) is 2.15. The Morgan fingerprint density at radius 2 is 2.11 bits per heavy atom. The summed E-state index contributed by atoms with van der Waals surface area (Å²) in [6.07, 6.45) is -3.62. The molecule has 0 saturated heterocycles. The topological polar surface area (TPSA) is 21.3 Å². The van der Waals surface area contributed by atoms with Crippen molar-refractivity contribution < 1.29 is 17.9 Å². The van der Waals surface area contributed by atoms with Crippen LogP contribution in [0.5, 0.6) is 0 Å². The van der Waals surface area contributed by atoms with Gasteiger partial charge in [-0.1, -0.05) is 0 Å². The molecule has 0 unspecified atom stereocenters. The molecular formula is C4H3F3NO. The highest BCUT2D eigenvalue weighted by atomic mass is 19.4. The normalized spacial score (nSPS) is 18.3. The molecule has 2 nitrogen and oxygen atoms in total. The molecule has 1 radical (unpaired) electrons. The van der Waals surface area contributed by atoms with Gasteiger partial charge in [-0.2, -0.15) is 13.2 Å². The average Bonchev–Trinajstić information content (AvgIpc) is 2.08. The number of hydrogen-bond acceptors (Lipinski definition) is 2. The lowest BCUT2D eigenvalue weighted by molar-refractivity contribution is -0.122. The number of alkyl halides is 3. The van der Waals surface area contributed by atoms with Gasteiger partial charge in [-0.05, 0) is 0 Å². The smallest absolute Gasteiger partial charge is 0.450 e. The second kappa shape index (κ2) is 1.82. The van der Waals surface area contributed by atoms with Crippen molar-refractivity contribution in [3.8, 4) is 0 Å². The molecule has 0 aromatic rings. The fourth-order valence-corrected chi connectivity index (χ4v) is 0.390.